The minimum Gasteiger partial charge on any atom is -0.460 e. The van der Waals surface area contributed by atoms with E-state index in [4.69, 9.17) is 27.9 Å². The van der Waals surface area contributed by atoms with Gasteiger partial charge >= 0.3 is 5.97 Å². The first-order chi connectivity index (χ1) is 5.00. The zero-order valence-corrected chi connectivity index (χ0v) is 7.78. The molecule has 0 aliphatic heterocycles. The van der Waals surface area contributed by atoms with E-state index in [-0.39, 0.29) is 6.10 Å². The first-order valence-electron chi connectivity index (χ1n) is 3.59. The standard InChI is InChI=1S/C7H10Cl2O2/c1-7(8,9)6(10)11-5-3-2-4-5/h5H,2-4H2,1H3. The first-order valence-corrected chi connectivity index (χ1v) is 4.34. The van der Waals surface area contributed by atoms with Crippen LogP contribution in [0.1, 0.15) is 26.2 Å². The number of esters is 1. The molecular formula is C7H10Cl2O2. The molecule has 0 aromatic heterocycles. The molecule has 0 unspecified atom stereocenters. The van der Waals surface area contributed by atoms with Crippen LogP contribution in [0.5, 0.6) is 0 Å². The van der Waals surface area contributed by atoms with Gasteiger partial charge in [-0.25, -0.2) is 4.79 Å². The molecule has 1 saturated carbocycles. The van der Waals surface area contributed by atoms with Crippen molar-refractivity contribution >= 4 is 29.2 Å². The maximum absolute atomic E-state index is 11.0. The van der Waals surface area contributed by atoms with Crippen LogP contribution in [0.3, 0.4) is 0 Å². The molecule has 0 amide bonds. The van der Waals surface area contributed by atoms with Gasteiger partial charge in [-0.1, -0.05) is 23.2 Å². The van der Waals surface area contributed by atoms with Gasteiger partial charge in [0.15, 0.2) is 0 Å². The molecule has 0 heterocycles. The highest BCUT2D eigenvalue weighted by atomic mass is 35.5. The summed E-state index contributed by atoms with van der Waals surface area (Å²) >= 11 is 11.0. The maximum Gasteiger partial charge on any atom is 0.342 e. The van der Waals surface area contributed by atoms with Gasteiger partial charge < -0.3 is 4.74 Å². The fourth-order valence-corrected chi connectivity index (χ4v) is 0.833. The summed E-state index contributed by atoms with van der Waals surface area (Å²) in [6, 6.07) is 0. The molecule has 0 aromatic rings. The van der Waals surface area contributed by atoms with Gasteiger partial charge in [0.2, 0.25) is 4.33 Å². The molecule has 64 valence electrons. The van der Waals surface area contributed by atoms with Gasteiger partial charge in [-0.2, -0.15) is 0 Å². The second-order valence-corrected chi connectivity index (χ2v) is 4.55. The van der Waals surface area contributed by atoms with Crippen molar-refractivity contribution in [3.8, 4) is 0 Å². The molecular weight excluding hydrogens is 187 g/mol. The largest absolute Gasteiger partial charge is 0.460 e. The van der Waals surface area contributed by atoms with Gasteiger partial charge in [-0.3, -0.25) is 0 Å². The summed E-state index contributed by atoms with van der Waals surface area (Å²) in [5.41, 5.74) is 0. The minimum atomic E-state index is -1.39. The predicted octanol–water partition coefficient (Wildman–Crippen LogP) is 2.28. The smallest absolute Gasteiger partial charge is 0.342 e. The van der Waals surface area contributed by atoms with Crippen LogP contribution >= 0.6 is 23.2 Å². The molecule has 0 atom stereocenters. The Morgan fingerprint density at radius 2 is 2.09 bits per heavy atom. The van der Waals surface area contributed by atoms with Crippen molar-refractivity contribution in [1.82, 2.24) is 0 Å². The van der Waals surface area contributed by atoms with E-state index < -0.39 is 10.3 Å². The molecule has 1 aliphatic rings. The topological polar surface area (TPSA) is 26.3 Å². The molecule has 0 N–H and O–H groups in total. The highest BCUT2D eigenvalue weighted by Gasteiger charge is 2.33. The van der Waals surface area contributed by atoms with Crippen molar-refractivity contribution in [3.63, 3.8) is 0 Å². The molecule has 0 aromatic carbocycles. The average Bonchev–Trinajstić information content (AvgIpc) is 1.75. The number of hydrogen-bond acceptors (Lipinski definition) is 2. The van der Waals surface area contributed by atoms with Crippen LogP contribution in [0.2, 0.25) is 0 Å². The lowest BCUT2D eigenvalue weighted by atomic mass is 9.96. The first kappa shape index (κ1) is 9.14. The lowest BCUT2D eigenvalue weighted by molar-refractivity contribution is -0.153. The van der Waals surface area contributed by atoms with Gasteiger partial charge in [0.25, 0.3) is 0 Å². The number of alkyl halides is 2. The van der Waals surface area contributed by atoms with Gasteiger partial charge in [-0.15, -0.1) is 0 Å². The second kappa shape index (κ2) is 3.20. The molecule has 0 spiro atoms. The molecule has 1 fully saturated rings. The van der Waals surface area contributed by atoms with Gasteiger partial charge in [0.1, 0.15) is 6.10 Å². The van der Waals surface area contributed by atoms with E-state index >= 15 is 0 Å². The van der Waals surface area contributed by atoms with Crippen LogP contribution in [0.4, 0.5) is 0 Å². The SMILES string of the molecule is CC(Cl)(Cl)C(=O)OC1CCC1. The van der Waals surface area contributed by atoms with Crippen LogP contribution in [-0.2, 0) is 9.53 Å². The Kier molecular flexibility index (Phi) is 2.66. The predicted molar refractivity (Wildman–Crippen MR) is 43.8 cm³/mol. The van der Waals surface area contributed by atoms with Gasteiger partial charge in [0, 0.05) is 0 Å². The zero-order chi connectivity index (χ0) is 8.48. The monoisotopic (exact) mass is 196 g/mol. The van der Waals surface area contributed by atoms with E-state index in [1.54, 1.807) is 0 Å². The summed E-state index contributed by atoms with van der Waals surface area (Å²) in [6.45, 7) is 1.41. The van der Waals surface area contributed by atoms with Crippen molar-refractivity contribution < 1.29 is 9.53 Å². The molecule has 2 nitrogen and oxygen atoms in total. The lowest BCUT2D eigenvalue weighted by Crippen LogP contribution is -2.32. The number of halogens is 2. The Morgan fingerprint density at radius 1 is 1.55 bits per heavy atom. The van der Waals surface area contributed by atoms with E-state index in [0.717, 1.165) is 19.3 Å². The normalized spacial score (nSPS) is 19.2. The molecule has 4 heteroatoms. The van der Waals surface area contributed by atoms with E-state index in [9.17, 15) is 4.79 Å². The fourth-order valence-electron chi connectivity index (χ4n) is 0.743. The van der Waals surface area contributed by atoms with Crippen LogP contribution in [-0.4, -0.2) is 16.4 Å². The fraction of sp³-hybridized carbons (Fsp3) is 0.857. The molecule has 11 heavy (non-hydrogen) atoms. The Bertz CT molecular complexity index is 158. The van der Waals surface area contributed by atoms with Crippen molar-refractivity contribution in [1.29, 1.82) is 0 Å². The summed E-state index contributed by atoms with van der Waals surface area (Å²) < 4.78 is 3.55. The summed E-state index contributed by atoms with van der Waals surface area (Å²) in [6.07, 6.45) is 3.06. The number of hydrogen-bond donors (Lipinski definition) is 0. The van der Waals surface area contributed by atoms with E-state index in [1.807, 2.05) is 0 Å². The number of ether oxygens (including phenoxy) is 1. The Balaban J connectivity index is 2.30. The summed E-state index contributed by atoms with van der Waals surface area (Å²) in [5.74, 6) is -0.537. The van der Waals surface area contributed by atoms with Crippen LogP contribution in [0, 0.1) is 0 Å². The van der Waals surface area contributed by atoms with Crippen molar-refractivity contribution in [2.75, 3.05) is 0 Å². The van der Waals surface area contributed by atoms with Crippen LogP contribution in [0.15, 0.2) is 0 Å². The molecule has 0 radical (unpaired) electrons. The quantitative estimate of drug-likeness (QED) is 0.501. The Hall–Kier alpha value is 0.0500. The maximum atomic E-state index is 11.0. The van der Waals surface area contributed by atoms with Gasteiger partial charge in [0.05, 0.1) is 0 Å². The minimum absolute atomic E-state index is 0.0549. The van der Waals surface area contributed by atoms with Crippen LogP contribution < -0.4 is 0 Å². The highest BCUT2D eigenvalue weighted by Crippen LogP contribution is 2.27. The molecule has 1 rings (SSSR count). The summed E-state index contributed by atoms with van der Waals surface area (Å²) in [7, 11) is 0. The molecule has 0 bridgehead atoms. The van der Waals surface area contributed by atoms with E-state index in [1.165, 1.54) is 6.92 Å². The van der Waals surface area contributed by atoms with E-state index in [2.05, 4.69) is 0 Å². The third-order valence-corrected chi connectivity index (χ3v) is 1.99. The summed E-state index contributed by atoms with van der Waals surface area (Å²) in [4.78, 5) is 11.0. The number of carbonyl (C=O) groups is 1. The van der Waals surface area contributed by atoms with Crippen molar-refractivity contribution in [3.05, 3.63) is 0 Å². The third kappa shape index (κ3) is 2.53. The summed E-state index contributed by atoms with van der Waals surface area (Å²) in [5, 5.41) is 0. The van der Waals surface area contributed by atoms with Crippen LogP contribution in [0.25, 0.3) is 0 Å². The second-order valence-electron chi connectivity index (χ2n) is 2.85. The highest BCUT2D eigenvalue weighted by molar-refractivity contribution is 6.57. The average molecular weight is 197 g/mol. The van der Waals surface area contributed by atoms with Crippen molar-refractivity contribution in [2.45, 2.75) is 36.6 Å². The molecule has 1 aliphatic carbocycles. The number of rotatable bonds is 2. The zero-order valence-electron chi connectivity index (χ0n) is 6.27. The third-order valence-electron chi connectivity index (χ3n) is 1.68. The Labute approximate surface area is 75.8 Å². The van der Waals surface area contributed by atoms with Gasteiger partial charge in [-0.05, 0) is 26.2 Å². The Morgan fingerprint density at radius 3 is 2.36 bits per heavy atom. The van der Waals surface area contributed by atoms with Crippen molar-refractivity contribution in [2.24, 2.45) is 0 Å². The number of carbonyl (C=O) groups excluding carboxylic acids is 1. The molecule has 0 saturated heterocycles. The lowest BCUT2D eigenvalue weighted by Gasteiger charge is -2.27. The van der Waals surface area contributed by atoms with E-state index in [0.29, 0.717) is 0 Å².